The van der Waals surface area contributed by atoms with Crippen molar-refractivity contribution in [2.24, 2.45) is 5.73 Å². The Morgan fingerprint density at radius 3 is 2.64 bits per heavy atom. The van der Waals surface area contributed by atoms with Crippen LogP contribution in [0.15, 0.2) is 30.4 Å². The molecule has 0 unspecified atom stereocenters. The third-order valence-electron chi connectivity index (χ3n) is 5.47. The maximum Gasteiger partial charge on any atom is 0.0608 e. The van der Waals surface area contributed by atoms with Crippen LogP contribution in [0.4, 0.5) is 0 Å². The SMILES string of the molecule is CCCCCCCCc1ccc2c(c1)CC=CC[C@H]2C[C@@](C)(N)CO. The van der Waals surface area contributed by atoms with Crippen molar-refractivity contribution in [3.8, 4) is 0 Å². The molecule has 1 aromatic carbocycles. The second kappa shape index (κ2) is 10.1. The number of aryl methyl sites for hydroxylation is 1. The molecule has 0 heterocycles. The fourth-order valence-electron chi connectivity index (χ4n) is 3.92. The molecule has 140 valence electrons. The van der Waals surface area contributed by atoms with Crippen LogP contribution >= 0.6 is 0 Å². The number of nitrogens with two attached hydrogens (primary N) is 1. The highest BCUT2D eigenvalue weighted by molar-refractivity contribution is 5.38. The van der Waals surface area contributed by atoms with E-state index in [1.807, 2.05) is 6.92 Å². The summed E-state index contributed by atoms with van der Waals surface area (Å²) < 4.78 is 0. The van der Waals surface area contributed by atoms with Gasteiger partial charge in [-0.05, 0) is 61.6 Å². The van der Waals surface area contributed by atoms with Gasteiger partial charge in [0, 0.05) is 5.54 Å². The monoisotopic (exact) mass is 343 g/mol. The minimum atomic E-state index is -0.503. The molecular formula is C23H37NO. The maximum atomic E-state index is 9.52. The van der Waals surface area contributed by atoms with Gasteiger partial charge in [0.1, 0.15) is 0 Å². The maximum absolute atomic E-state index is 9.52. The number of allylic oxidation sites excluding steroid dienone is 2. The molecule has 1 aromatic rings. The zero-order valence-corrected chi connectivity index (χ0v) is 16.3. The molecule has 0 fully saturated rings. The molecule has 1 aliphatic carbocycles. The molecule has 2 atom stereocenters. The third-order valence-corrected chi connectivity index (χ3v) is 5.47. The molecule has 0 saturated carbocycles. The summed E-state index contributed by atoms with van der Waals surface area (Å²) in [5.41, 5.74) is 10.1. The number of rotatable bonds is 10. The fourth-order valence-corrected chi connectivity index (χ4v) is 3.92. The van der Waals surface area contributed by atoms with Crippen molar-refractivity contribution < 1.29 is 5.11 Å². The number of aliphatic hydroxyl groups excluding tert-OH is 1. The standard InChI is InChI=1S/C23H37NO/c1-3-4-5-6-7-8-11-19-14-15-22-20(16-19)12-9-10-13-21(22)17-23(2,24)18-25/h9-10,14-16,21,25H,3-8,11-13,17-18,24H2,1-2H3/t21-,23+/m0/s1. The molecule has 0 radical (unpaired) electrons. The van der Waals surface area contributed by atoms with Crippen molar-refractivity contribution in [2.45, 2.75) is 89.5 Å². The van der Waals surface area contributed by atoms with Crippen LogP contribution in [0, 0.1) is 0 Å². The highest BCUT2D eigenvalue weighted by Crippen LogP contribution is 2.34. The summed E-state index contributed by atoms with van der Waals surface area (Å²) >= 11 is 0. The van der Waals surface area contributed by atoms with E-state index in [4.69, 9.17) is 5.73 Å². The predicted octanol–water partition coefficient (Wildman–Crippen LogP) is 5.28. The molecule has 1 aliphatic rings. The molecule has 0 bridgehead atoms. The molecule has 2 rings (SSSR count). The van der Waals surface area contributed by atoms with Gasteiger partial charge in [-0.15, -0.1) is 0 Å². The van der Waals surface area contributed by atoms with E-state index in [2.05, 4.69) is 37.3 Å². The lowest BCUT2D eigenvalue weighted by atomic mass is 9.82. The van der Waals surface area contributed by atoms with E-state index in [1.165, 1.54) is 61.6 Å². The first kappa shape index (κ1) is 20.2. The van der Waals surface area contributed by atoms with Gasteiger partial charge in [0.05, 0.1) is 6.61 Å². The molecular weight excluding hydrogens is 306 g/mol. The molecule has 0 spiro atoms. The largest absolute Gasteiger partial charge is 0.394 e. The van der Waals surface area contributed by atoms with E-state index in [9.17, 15) is 5.11 Å². The lowest BCUT2D eigenvalue weighted by Crippen LogP contribution is -2.41. The number of hydrogen-bond donors (Lipinski definition) is 2. The Hall–Kier alpha value is -1.12. The van der Waals surface area contributed by atoms with E-state index in [-0.39, 0.29) is 6.61 Å². The van der Waals surface area contributed by atoms with Gasteiger partial charge in [0.15, 0.2) is 0 Å². The Labute approximate surface area is 154 Å². The zero-order chi connectivity index (χ0) is 18.1. The highest BCUT2D eigenvalue weighted by Gasteiger charge is 2.25. The molecule has 0 saturated heterocycles. The molecule has 3 N–H and O–H groups in total. The van der Waals surface area contributed by atoms with Gasteiger partial charge in [-0.2, -0.15) is 0 Å². The van der Waals surface area contributed by atoms with Crippen LogP contribution in [0.2, 0.25) is 0 Å². The van der Waals surface area contributed by atoms with Crippen molar-refractivity contribution in [1.29, 1.82) is 0 Å². The van der Waals surface area contributed by atoms with E-state index >= 15 is 0 Å². The summed E-state index contributed by atoms with van der Waals surface area (Å²) in [5, 5.41) is 9.52. The van der Waals surface area contributed by atoms with Crippen molar-refractivity contribution in [2.75, 3.05) is 6.61 Å². The van der Waals surface area contributed by atoms with Gasteiger partial charge >= 0.3 is 0 Å². The third kappa shape index (κ3) is 6.60. The Bertz CT molecular complexity index is 547. The smallest absolute Gasteiger partial charge is 0.0608 e. The van der Waals surface area contributed by atoms with Gasteiger partial charge in [-0.25, -0.2) is 0 Å². The number of benzene rings is 1. The number of unbranched alkanes of at least 4 members (excludes halogenated alkanes) is 5. The fraction of sp³-hybridized carbons (Fsp3) is 0.652. The molecule has 2 nitrogen and oxygen atoms in total. The summed E-state index contributed by atoms with van der Waals surface area (Å²) in [5.74, 6) is 0.416. The Morgan fingerprint density at radius 1 is 1.12 bits per heavy atom. The summed E-state index contributed by atoms with van der Waals surface area (Å²) in [6, 6.07) is 7.06. The van der Waals surface area contributed by atoms with Crippen LogP contribution in [0.1, 0.15) is 87.8 Å². The zero-order valence-electron chi connectivity index (χ0n) is 16.3. The number of aliphatic hydroxyl groups is 1. The second-order valence-corrected chi connectivity index (χ2v) is 8.18. The van der Waals surface area contributed by atoms with Crippen LogP contribution < -0.4 is 5.73 Å². The molecule has 0 amide bonds. The van der Waals surface area contributed by atoms with E-state index < -0.39 is 5.54 Å². The molecule has 0 aliphatic heterocycles. The lowest BCUT2D eigenvalue weighted by Gasteiger charge is -2.28. The summed E-state index contributed by atoms with van der Waals surface area (Å²) in [6.07, 6.45) is 16.7. The van der Waals surface area contributed by atoms with Crippen molar-refractivity contribution >= 4 is 0 Å². The van der Waals surface area contributed by atoms with Crippen LogP contribution in [0.5, 0.6) is 0 Å². The minimum Gasteiger partial charge on any atom is -0.394 e. The van der Waals surface area contributed by atoms with Crippen LogP contribution in [0.25, 0.3) is 0 Å². The Kier molecular flexibility index (Phi) is 8.18. The first-order valence-corrected chi connectivity index (χ1v) is 10.2. The Balaban J connectivity index is 1.97. The van der Waals surface area contributed by atoms with E-state index in [1.54, 1.807) is 0 Å². The number of hydrogen-bond acceptors (Lipinski definition) is 2. The normalized spacial score (nSPS) is 19.3. The average molecular weight is 344 g/mol. The van der Waals surface area contributed by atoms with Gasteiger partial charge in [0.25, 0.3) is 0 Å². The van der Waals surface area contributed by atoms with Gasteiger partial charge in [-0.3, -0.25) is 0 Å². The molecule has 2 heteroatoms. The molecule has 25 heavy (non-hydrogen) atoms. The predicted molar refractivity (Wildman–Crippen MR) is 108 cm³/mol. The van der Waals surface area contributed by atoms with Crippen molar-refractivity contribution in [3.05, 3.63) is 47.0 Å². The average Bonchev–Trinajstić information content (AvgIpc) is 2.79. The quantitative estimate of drug-likeness (QED) is 0.449. The summed E-state index contributed by atoms with van der Waals surface area (Å²) in [6.45, 7) is 4.26. The van der Waals surface area contributed by atoms with Crippen LogP contribution in [-0.2, 0) is 12.8 Å². The van der Waals surface area contributed by atoms with E-state index in [0.29, 0.717) is 5.92 Å². The van der Waals surface area contributed by atoms with Gasteiger partial charge < -0.3 is 10.8 Å². The minimum absolute atomic E-state index is 0.0403. The number of fused-ring (bicyclic) bond motifs is 1. The molecule has 0 aromatic heterocycles. The lowest BCUT2D eigenvalue weighted by molar-refractivity contribution is 0.192. The van der Waals surface area contributed by atoms with Crippen LogP contribution in [-0.4, -0.2) is 17.3 Å². The van der Waals surface area contributed by atoms with Gasteiger partial charge in [-0.1, -0.05) is 69.4 Å². The first-order valence-electron chi connectivity index (χ1n) is 10.2. The van der Waals surface area contributed by atoms with E-state index in [0.717, 1.165) is 19.3 Å². The topological polar surface area (TPSA) is 46.2 Å². The Morgan fingerprint density at radius 2 is 1.88 bits per heavy atom. The first-order chi connectivity index (χ1) is 12.1. The van der Waals surface area contributed by atoms with Crippen molar-refractivity contribution in [3.63, 3.8) is 0 Å². The van der Waals surface area contributed by atoms with Gasteiger partial charge in [0.2, 0.25) is 0 Å². The van der Waals surface area contributed by atoms with Crippen LogP contribution in [0.3, 0.4) is 0 Å². The highest BCUT2D eigenvalue weighted by atomic mass is 16.3. The summed E-state index contributed by atoms with van der Waals surface area (Å²) in [4.78, 5) is 0. The second-order valence-electron chi connectivity index (χ2n) is 8.18. The van der Waals surface area contributed by atoms with Crippen molar-refractivity contribution in [1.82, 2.24) is 0 Å². The summed E-state index contributed by atoms with van der Waals surface area (Å²) in [7, 11) is 0.